The number of nitrogens with one attached hydrogen (secondary N) is 2. The van der Waals surface area contributed by atoms with Crippen molar-refractivity contribution in [3.63, 3.8) is 0 Å². The van der Waals surface area contributed by atoms with E-state index in [0.717, 1.165) is 33.6 Å². The van der Waals surface area contributed by atoms with Crippen molar-refractivity contribution in [3.05, 3.63) is 112 Å². The van der Waals surface area contributed by atoms with Crippen molar-refractivity contribution >= 4 is 17.6 Å². The molecule has 170 valence electrons. The lowest BCUT2D eigenvalue weighted by Crippen LogP contribution is -2.50. The number of anilines is 1. The van der Waals surface area contributed by atoms with E-state index in [2.05, 4.69) is 10.6 Å². The quantitative estimate of drug-likeness (QED) is 0.474. The molecule has 4 aromatic rings. The van der Waals surface area contributed by atoms with Gasteiger partial charge in [-0.3, -0.25) is 9.59 Å². The van der Waals surface area contributed by atoms with Crippen molar-refractivity contribution in [2.45, 2.75) is 32.7 Å². The third kappa shape index (κ3) is 3.88. The molecule has 0 fully saturated rings. The van der Waals surface area contributed by atoms with Crippen molar-refractivity contribution in [1.82, 2.24) is 15.1 Å². The van der Waals surface area contributed by atoms with Gasteiger partial charge in [-0.2, -0.15) is 5.10 Å². The third-order valence-electron chi connectivity index (χ3n) is 6.31. The minimum absolute atomic E-state index is 0.268. The average molecular weight is 451 g/mol. The van der Waals surface area contributed by atoms with E-state index in [1.54, 1.807) is 28.9 Å². The molecule has 6 nitrogen and oxygen atoms in total. The van der Waals surface area contributed by atoms with Gasteiger partial charge in [-0.25, -0.2) is 4.68 Å². The van der Waals surface area contributed by atoms with Crippen LogP contribution in [0.3, 0.4) is 0 Å². The number of aryl methyl sites for hydroxylation is 3. The number of hydrogen-bond acceptors (Lipinski definition) is 3. The second kappa shape index (κ2) is 8.63. The zero-order valence-electron chi connectivity index (χ0n) is 19.4. The fourth-order valence-electron chi connectivity index (χ4n) is 4.51. The molecule has 3 aromatic carbocycles. The summed E-state index contributed by atoms with van der Waals surface area (Å²) in [6.07, 6.45) is 0. The normalized spacial score (nSPS) is 17.1. The van der Waals surface area contributed by atoms with Gasteiger partial charge in [0.15, 0.2) is 0 Å². The Bertz CT molecular complexity index is 1360. The number of nitrogens with zero attached hydrogens (tertiary/aromatic N) is 2. The highest BCUT2D eigenvalue weighted by Crippen LogP contribution is 2.40. The fourth-order valence-corrected chi connectivity index (χ4v) is 4.51. The van der Waals surface area contributed by atoms with Crippen molar-refractivity contribution in [2.24, 2.45) is 0 Å². The van der Waals surface area contributed by atoms with Gasteiger partial charge >= 0.3 is 0 Å². The van der Waals surface area contributed by atoms with Crippen LogP contribution in [0.1, 0.15) is 44.2 Å². The summed E-state index contributed by atoms with van der Waals surface area (Å²) in [5.41, 5.74) is 6.31. The lowest BCUT2D eigenvalue weighted by molar-refractivity contribution is -0.118. The molecule has 1 aliphatic heterocycles. The second-order valence-corrected chi connectivity index (χ2v) is 8.79. The Balaban J connectivity index is 1.62. The van der Waals surface area contributed by atoms with Gasteiger partial charge in [0.25, 0.3) is 5.91 Å². The monoisotopic (exact) mass is 450 g/mol. The van der Waals surface area contributed by atoms with Gasteiger partial charge < -0.3 is 10.6 Å². The van der Waals surface area contributed by atoms with Gasteiger partial charge in [0, 0.05) is 17.0 Å². The molecule has 1 aromatic heterocycles. The molecular formula is C28H26N4O2. The molecule has 0 saturated carbocycles. The first-order valence-electron chi connectivity index (χ1n) is 11.3. The van der Waals surface area contributed by atoms with Crippen LogP contribution in [0.15, 0.2) is 78.9 Å². The predicted octanol–water partition coefficient (Wildman–Crippen LogP) is 4.68. The van der Waals surface area contributed by atoms with Crippen LogP contribution in [0.2, 0.25) is 0 Å². The highest BCUT2D eigenvalue weighted by molar-refractivity contribution is 6.04. The predicted molar refractivity (Wildman–Crippen MR) is 132 cm³/mol. The number of benzene rings is 3. The van der Waals surface area contributed by atoms with Crippen LogP contribution >= 0.6 is 0 Å². The lowest BCUT2D eigenvalue weighted by Gasteiger charge is -2.33. The fraction of sp³-hybridized carbons (Fsp3) is 0.179. The Kier molecular flexibility index (Phi) is 5.49. The maximum absolute atomic E-state index is 13.5. The first-order chi connectivity index (χ1) is 16.4. The van der Waals surface area contributed by atoms with Gasteiger partial charge in [-0.15, -0.1) is 0 Å². The van der Waals surface area contributed by atoms with Gasteiger partial charge in [0.1, 0.15) is 11.9 Å². The third-order valence-corrected chi connectivity index (χ3v) is 6.31. The van der Waals surface area contributed by atoms with Crippen LogP contribution in [-0.4, -0.2) is 27.6 Å². The number of hydrogen-bond donors (Lipinski definition) is 2. The molecule has 0 saturated heterocycles. The summed E-state index contributed by atoms with van der Waals surface area (Å²) >= 11 is 0. The average Bonchev–Trinajstić information content (AvgIpc) is 3.17. The van der Waals surface area contributed by atoms with E-state index < -0.39 is 6.04 Å². The summed E-state index contributed by atoms with van der Waals surface area (Å²) in [6, 6.07) is 24.3. The Hall–Kier alpha value is -4.19. The molecule has 0 radical (unpaired) electrons. The van der Waals surface area contributed by atoms with Gasteiger partial charge in [0.2, 0.25) is 5.91 Å². The van der Waals surface area contributed by atoms with Crippen molar-refractivity contribution in [1.29, 1.82) is 0 Å². The first kappa shape index (κ1) is 21.6. The molecule has 0 unspecified atom stereocenters. The van der Waals surface area contributed by atoms with E-state index in [1.807, 2.05) is 75.4 Å². The molecule has 0 bridgehead atoms. The minimum Gasteiger partial charge on any atom is -0.339 e. The Morgan fingerprint density at radius 3 is 2.15 bits per heavy atom. The number of rotatable bonds is 4. The molecule has 2 heterocycles. The van der Waals surface area contributed by atoms with Crippen LogP contribution in [0.5, 0.6) is 0 Å². The lowest BCUT2D eigenvalue weighted by atomic mass is 9.81. The van der Waals surface area contributed by atoms with Gasteiger partial charge in [-0.1, -0.05) is 65.7 Å². The highest BCUT2D eigenvalue weighted by atomic mass is 16.2. The van der Waals surface area contributed by atoms with Crippen molar-refractivity contribution in [3.8, 4) is 5.69 Å². The van der Waals surface area contributed by atoms with E-state index in [9.17, 15) is 9.59 Å². The summed E-state index contributed by atoms with van der Waals surface area (Å²) in [5, 5.41) is 10.8. The van der Waals surface area contributed by atoms with E-state index in [-0.39, 0.29) is 17.7 Å². The van der Waals surface area contributed by atoms with Crippen LogP contribution < -0.4 is 10.6 Å². The standard InChI is InChI=1S/C28H26N4O2/c1-17-9-13-20(14-10-17)24-23-19(3)31-32(22-15-11-18(2)12-16-22)26(23)30-28(34)25(24)29-27(33)21-7-5-4-6-8-21/h4-16,24-25H,1-3H3,(H,29,33)(H,30,34)/t24-,25-/m1/s1. The maximum atomic E-state index is 13.5. The van der Waals surface area contributed by atoms with Gasteiger partial charge in [0.05, 0.1) is 11.4 Å². The topological polar surface area (TPSA) is 76.0 Å². The summed E-state index contributed by atoms with van der Waals surface area (Å²) in [7, 11) is 0. The van der Waals surface area contributed by atoms with E-state index in [1.165, 1.54) is 0 Å². The smallest absolute Gasteiger partial charge is 0.251 e. The van der Waals surface area contributed by atoms with Crippen LogP contribution in [-0.2, 0) is 4.79 Å². The Morgan fingerprint density at radius 1 is 0.882 bits per heavy atom. The van der Waals surface area contributed by atoms with Crippen molar-refractivity contribution in [2.75, 3.05) is 5.32 Å². The SMILES string of the molecule is Cc1ccc([C@@H]2c3c(C)nn(-c4ccc(C)cc4)c3NC(=O)[C@@H]2NC(=O)c2ccccc2)cc1. The summed E-state index contributed by atoms with van der Waals surface area (Å²) in [5.74, 6) is -0.293. The van der Waals surface area contributed by atoms with Crippen LogP contribution in [0.25, 0.3) is 5.69 Å². The largest absolute Gasteiger partial charge is 0.339 e. The molecule has 1 aliphatic rings. The van der Waals surface area contributed by atoms with E-state index >= 15 is 0 Å². The van der Waals surface area contributed by atoms with Crippen LogP contribution in [0.4, 0.5) is 5.82 Å². The number of aromatic nitrogens is 2. The molecular weight excluding hydrogens is 424 g/mol. The molecule has 2 atom stereocenters. The van der Waals surface area contributed by atoms with E-state index in [4.69, 9.17) is 5.10 Å². The second-order valence-electron chi connectivity index (χ2n) is 8.79. The molecule has 2 amide bonds. The number of fused-ring (bicyclic) bond motifs is 1. The maximum Gasteiger partial charge on any atom is 0.251 e. The summed E-state index contributed by atoms with van der Waals surface area (Å²) < 4.78 is 1.78. The number of carbonyl (C=O) groups excluding carboxylic acids is 2. The molecule has 0 spiro atoms. The zero-order valence-corrected chi connectivity index (χ0v) is 19.4. The summed E-state index contributed by atoms with van der Waals surface area (Å²) in [4.78, 5) is 26.5. The molecule has 5 rings (SSSR count). The van der Waals surface area contributed by atoms with Crippen LogP contribution in [0, 0.1) is 20.8 Å². The minimum atomic E-state index is -0.780. The zero-order chi connectivity index (χ0) is 23.8. The summed E-state index contributed by atoms with van der Waals surface area (Å²) in [6.45, 7) is 6.00. The molecule has 34 heavy (non-hydrogen) atoms. The molecule has 6 heteroatoms. The number of amides is 2. The van der Waals surface area contributed by atoms with Crippen molar-refractivity contribution < 1.29 is 9.59 Å². The molecule has 0 aliphatic carbocycles. The Morgan fingerprint density at radius 2 is 1.50 bits per heavy atom. The highest BCUT2D eigenvalue weighted by Gasteiger charge is 2.41. The first-order valence-corrected chi connectivity index (χ1v) is 11.3. The van der Waals surface area contributed by atoms with Gasteiger partial charge in [-0.05, 0) is 50.6 Å². The number of carbonyl (C=O) groups is 2. The Labute approximate surface area is 198 Å². The molecule has 2 N–H and O–H groups in total. The van der Waals surface area contributed by atoms with E-state index in [0.29, 0.717) is 11.4 Å².